The Bertz CT molecular complexity index is 830. The first kappa shape index (κ1) is 13.1. The van der Waals surface area contributed by atoms with Crippen LogP contribution in [0.2, 0.25) is 10.0 Å². The van der Waals surface area contributed by atoms with Gasteiger partial charge in [-0.15, -0.1) is 0 Å². The Balaban J connectivity index is 2.35. The van der Waals surface area contributed by atoms with Crippen LogP contribution in [-0.2, 0) is 0 Å². The average molecular weight is 314 g/mol. The minimum absolute atomic E-state index is 0.0305. The van der Waals surface area contributed by atoms with Gasteiger partial charge in [0.1, 0.15) is 11.6 Å². The second-order valence-corrected chi connectivity index (χ2v) is 5.00. The summed E-state index contributed by atoms with van der Waals surface area (Å²) >= 11 is 11.5. The average Bonchev–Trinajstić information content (AvgIpc) is 2.66. The fraction of sp³-hybridized carbons (Fsp3) is 0. The molecule has 20 heavy (non-hydrogen) atoms. The van der Waals surface area contributed by atoms with Crippen molar-refractivity contribution in [2.24, 2.45) is 0 Å². The van der Waals surface area contributed by atoms with Crippen LogP contribution in [0.25, 0.3) is 16.7 Å². The van der Waals surface area contributed by atoms with Crippen LogP contribution in [0, 0.1) is 11.6 Å². The number of nitrogens with zero attached hydrogens (tertiary/aromatic N) is 2. The van der Waals surface area contributed by atoms with Gasteiger partial charge in [0.2, 0.25) is 5.95 Å². The van der Waals surface area contributed by atoms with E-state index in [1.807, 2.05) is 0 Å². The monoisotopic (exact) mass is 313 g/mol. The molecule has 102 valence electrons. The Labute approximate surface area is 122 Å². The smallest absolute Gasteiger partial charge is 0.206 e. The highest BCUT2D eigenvalue weighted by Gasteiger charge is 2.15. The van der Waals surface area contributed by atoms with Crippen LogP contribution >= 0.6 is 23.2 Å². The quantitative estimate of drug-likeness (QED) is 0.732. The number of nitrogens with two attached hydrogens (primary N) is 1. The van der Waals surface area contributed by atoms with Crippen molar-refractivity contribution in [3.8, 4) is 5.69 Å². The summed E-state index contributed by atoms with van der Waals surface area (Å²) in [6.07, 6.45) is 0. The molecule has 1 heterocycles. The van der Waals surface area contributed by atoms with E-state index in [2.05, 4.69) is 4.98 Å². The first-order chi connectivity index (χ1) is 9.47. The van der Waals surface area contributed by atoms with Crippen molar-refractivity contribution in [2.45, 2.75) is 0 Å². The van der Waals surface area contributed by atoms with Crippen LogP contribution in [-0.4, -0.2) is 9.55 Å². The molecule has 0 fully saturated rings. The standard InChI is InChI=1S/C13H7Cl2F2N3/c14-6-1-2-11(9(17)3-6)20-12-4-7(15)8(16)5-10(12)19-13(20)18/h1-5H,(H2,18,19). The molecule has 0 aliphatic carbocycles. The fourth-order valence-corrected chi connectivity index (χ4v) is 2.32. The van der Waals surface area contributed by atoms with Crippen molar-refractivity contribution in [2.75, 3.05) is 5.73 Å². The molecule has 0 aliphatic rings. The third-order valence-electron chi connectivity index (χ3n) is 2.87. The highest BCUT2D eigenvalue weighted by atomic mass is 35.5. The molecule has 0 saturated heterocycles. The van der Waals surface area contributed by atoms with Crippen molar-refractivity contribution in [1.82, 2.24) is 9.55 Å². The van der Waals surface area contributed by atoms with E-state index in [9.17, 15) is 8.78 Å². The van der Waals surface area contributed by atoms with E-state index in [-0.39, 0.29) is 21.7 Å². The zero-order valence-electron chi connectivity index (χ0n) is 9.87. The van der Waals surface area contributed by atoms with Crippen molar-refractivity contribution >= 4 is 40.2 Å². The number of benzene rings is 2. The van der Waals surface area contributed by atoms with E-state index in [0.717, 1.165) is 12.1 Å². The maximum Gasteiger partial charge on any atom is 0.206 e. The Morgan fingerprint density at radius 2 is 1.80 bits per heavy atom. The van der Waals surface area contributed by atoms with Gasteiger partial charge in [-0.1, -0.05) is 23.2 Å². The highest BCUT2D eigenvalue weighted by Crippen LogP contribution is 2.29. The number of aromatic nitrogens is 2. The molecule has 2 aromatic carbocycles. The molecule has 0 unspecified atom stereocenters. The van der Waals surface area contributed by atoms with E-state index >= 15 is 0 Å². The van der Waals surface area contributed by atoms with Gasteiger partial charge < -0.3 is 5.73 Å². The molecular formula is C13H7Cl2F2N3. The summed E-state index contributed by atoms with van der Waals surface area (Å²) in [4.78, 5) is 4.00. The van der Waals surface area contributed by atoms with E-state index in [1.54, 1.807) is 0 Å². The van der Waals surface area contributed by atoms with Crippen molar-refractivity contribution in [3.63, 3.8) is 0 Å². The van der Waals surface area contributed by atoms with Crippen molar-refractivity contribution in [3.05, 3.63) is 52.0 Å². The van der Waals surface area contributed by atoms with Crippen LogP contribution < -0.4 is 5.73 Å². The summed E-state index contributed by atoms with van der Waals surface area (Å²) < 4.78 is 28.8. The molecule has 1 aromatic heterocycles. The number of fused-ring (bicyclic) bond motifs is 1. The van der Waals surface area contributed by atoms with E-state index < -0.39 is 11.6 Å². The number of anilines is 1. The van der Waals surface area contributed by atoms with Gasteiger partial charge in [-0.3, -0.25) is 4.57 Å². The number of nitrogen functional groups attached to an aromatic ring is 1. The minimum Gasteiger partial charge on any atom is -0.369 e. The Morgan fingerprint density at radius 1 is 1.05 bits per heavy atom. The molecule has 0 atom stereocenters. The number of halogens is 4. The number of hydrogen-bond acceptors (Lipinski definition) is 2. The predicted molar refractivity (Wildman–Crippen MR) is 75.4 cm³/mol. The van der Waals surface area contributed by atoms with E-state index in [4.69, 9.17) is 28.9 Å². The summed E-state index contributed by atoms with van der Waals surface area (Å²) in [7, 11) is 0. The summed E-state index contributed by atoms with van der Waals surface area (Å²) in [6, 6.07) is 6.65. The summed E-state index contributed by atoms with van der Waals surface area (Å²) in [6.45, 7) is 0. The zero-order chi connectivity index (χ0) is 14.4. The van der Waals surface area contributed by atoms with Crippen LogP contribution in [0.15, 0.2) is 30.3 Å². The van der Waals surface area contributed by atoms with Crippen LogP contribution in [0.5, 0.6) is 0 Å². The molecule has 3 rings (SSSR count). The van der Waals surface area contributed by atoms with Crippen molar-refractivity contribution in [1.29, 1.82) is 0 Å². The summed E-state index contributed by atoms with van der Waals surface area (Å²) in [5, 5.41) is 0.173. The molecule has 0 bridgehead atoms. The number of hydrogen-bond donors (Lipinski definition) is 1. The Hall–Kier alpha value is -1.85. The number of imidazole rings is 1. The Morgan fingerprint density at radius 3 is 2.50 bits per heavy atom. The number of rotatable bonds is 1. The molecule has 0 spiro atoms. The Kier molecular flexibility index (Phi) is 3.03. The maximum absolute atomic E-state index is 14.0. The summed E-state index contributed by atoms with van der Waals surface area (Å²) in [5.41, 5.74) is 6.65. The summed E-state index contributed by atoms with van der Waals surface area (Å²) in [5.74, 6) is -1.15. The van der Waals surface area contributed by atoms with Crippen LogP contribution in [0.1, 0.15) is 0 Å². The normalized spacial score (nSPS) is 11.2. The molecular weight excluding hydrogens is 307 g/mol. The topological polar surface area (TPSA) is 43.8 Å². The first-order valence-corrected chi connectivity index (χ1v) is 6.31. The second kappa shape index (κ2) is 4.61. The van der Waals surface area contributed by atoms with Gasteiger partial charge in [0.15, 0.2) is 0 Å². The molecule has 3 nitrogen and oxygen atoms in total. The molecule has 2 N–H and O–H groups in total. The molecule has 0 radical (unpaired) electrons. The lowest BCUT2D eigenvalue weighted by molar-refractivity contribution is 0.620. The van der Waals surface area contributed by atoms with Gasteiger partial charge in [0.25, 0.3) is 0 Å². The molecule has 0 saturated carbocycles. The van der Waals surface area contributed by atoms with Crippen molar-refractivity contribution < 1.29 is 8.78 Å². The van der Waals surface area contributed by atoms with Gasteiger partial charge in [0.05, 0.1) is 21.7 Å². The van der Waals surface area contributed by atoms with Gasteiger partial charge in [-0.2, -0.15) is 0 Å². The van der Waals surface area contributed by atoms with E-state index in [1.165, 1.54) is 22.8 Å². The first-order valence-electron chi connectivity index (χ1n) is 5.56. The largest absolute Gasteiger partial charge is 0.369 e. The molecule has 7 heteroatoms. The third kappa shape index (κ3) is 1.99. The lowest BCUT2D eigenvalue weighted by Crippen LogP contribution is -2.02. The minimum atomic E-state index is -0.611. The van der Waals surface area contributed by atoms with Gasteiger partial charge in [-0.25, -0.2) is 13.8 Å². The SMILES string of the molecule is Nc1nc2cc(F)c(Cl)cc2n1-c1ccc(Cl)cc1F. The zero-order valence-corrected chi connectivity index (χ0v) is 11.4. The van der Waals surface area contributed by atoms with Crippen LogP contribution in [0.3, 0.4) is 0 Å². The predicted octanol–water partition coefficient (Wildman–Crippen LogP) is 4.19. The van der Waals surface area contributed by atoms with Gasteiger partial charge in [-0.05, 0) is 24.3 Å². The molecule has 0 aliphatic heterocycles. The second-order valence-electron chi connectivity index (χ2n) is 4.16. The van der Waals surface area contributed by atoms with Gasteiger partial charge >= 0.3 is 0 Å². The third-order valence-corrected chi connectivity index (χ3v) is 3.40. The molecule has 3 aromatic rings. The lowest BCUT2D eigenvalue weighted by Gasteiger charge is -2.08. The highest BCUT2D eigenvalue weighted by molar-refractivity contribution is 6.31. The lowest BCUT2D eigenvalue weighted by atomic mass is 10.2. The van der Waals surface area contributed by atoms with Crippen LogP contribution in [0.4, 0.5) is 14.7 Å². The molecule has 0 amide bonds. The van der Waals surface area contributed by atoms with Gasteiger partial charge in [0, 0.05) is 11.1 Å². The van der Waals surface area contributed by atoms with E-state index in [0.29, 0.717) is 11.0 Å². The maximum atomic E-state index is 14.0. The fourth-order valence-electron chi connectivity index (χ4n) is 2.01.